The standard InChI is InChI=1S/C65H47NO/c1-63(2)51-29-15-11-24-44(51)48-36-34-42(38-55(48)63)66(43-35-37-49-45-25-12-16-30-52(45)64(3,4)56(49)39-43)57-33-19-28-50-58-60(62(41-22-9-6-10-23-41)67-61(58)40-20-7-5-8-21-40)65(59(50)57)53-31-17-13-26-46(53)47-27-14-18-32-54(47)65/h5-39H,1-4H3. The lowest BCUT2D eigenvalue weighted by Gasteiger charge is -2.36. The smallest absolute Gasteiger partial charge is 0.142 e. The molecule has 1 aromatic heterocycles. The van der Waals surface area contributed by atoms with Crippen molar-refractivity contribution >= 4 is 17.1 Å². The van der Waals surface area contributed by atoms with Gasteiger partial charge in [0.2, 0.25) is 0 Å². The molecule has 67 heavy (non-hydrogen) atoms. The molecule has 0 radical (unpaired) electrons. The lowest BCUT2D eigenvalue weighted by Crippen LogP contribution is -2.29. The van der Waals surface area contributed by atoms with Crippen molar-refractivity contribution in [3.8, 4) is 67.2 Å². The normalized spacial score (nSPS) is 15.2. The van der Waals surface area contributed by atoms with Crippen LogP contribution in [-0.4, -0.2) is 0 Å². The van der Waals surface area contributed by atoms with E-state index in [-0.39, 0.29) is 10.8 Å². The number of nitrogens with zero attached hydrogens (tertiary/aromatic N) is 1. The van der Waals surface area contributed by atoms with E-state index in [1.807, 2.05) is 0 Å². The Morgan fingerprint density at radius 2 is 0.731 bits per heavy atom. The van der Waals surface area contributed by atoms with Gasteiger partial charge in [-0.1, -0.05) is 210 Å². The van der Waals surface area contributed by atoms with Crippen molar-refractivity contribution in [2.45, 2.75) is 43.9 Å². The van der Waals surface area contributed by atoms with Gasteiger partial charge in [-0.15, -0.1) is 0 Å². The highest BCUT2D eigenvalue weighted by atomic mass is 16.3. The Morgan fingerprint density at radius 3 is 1.24 bits per heavy atom. The van der Waals surface area contributed by atoms with Crippen LogP contribution in [0.5, 0.6) is 0 Å². The first-order valence-corrected chi connectivity index (χ1v) is 23.7. The predicted octanol–water partition coefficient (Wildman–Crippen LogP) is 17.0. The van der Waals surface area contributed by atoms with Crippen molar-refractivity contribution in [3.05, 3.63) is 257 Å². The maximum atomic E-state index is 7.40. The second-order valence-corrected chi connectivity index (χ2v) is 19.9. The van der Waals surface area contributed by atoms with E-state index in [4.69, 9.17) is 4.42 Å². The van der Waals surface area contributed by atoms with Gasteiger partial charge in [-0.2, -0.15) is 0 Å². The van der Waals surface area contributed by atoms with E-state index in [9.17, 15) is 0 Å². The molecule has 0 aliphatic heterocycles. The van der Waals surface area contributed by atoms with Crippen LogP contribution >= 0.6 is 0 Å². The summed E-state index contributed by atoms with van der Waals surface area (Å²) in [6, 6.07) is 79.2. The zero-order chi connectivity index (χ0) is 44.8. The largest absolute Gasteiger partial charge is 0.455 e. The molecule has 0 saturated carbocycles. The Hall–Kier alpha value is -7.94. The summed E-state index contributed by atoms with van der Waals surface area (Å²) in [7, 11) is 0. The number of furan rings is 1. The molecular weight excluding hydrogens is 811 g/mol. The molecule has 0 bridgehead atoms. The monoisotopic (exact) mass is 857 g/mol. The molecule has 0 atom stereocenters. The minimum atomic E-state index is -0.729. The quantitative estimate of drug-likeness (QED) is 0.171. The van der Waals surface area contributed by atoms with Gasteiger partial charge in [0.1, 0.15) is 11.5 Å². The molecule has 0 N–H and O–H groups in total. The number of anilines is 3. The third-order valence-electron chi connectivity index (χ3n) is 15.9. The topological polar surface area (TPSA) is 16.4 Å². The number of hydrogen-bond acceptors (Lipinski definition) is 2. The summed E-state index contributed by atoms with van der Waals surface area (Å²) in [6.45, 7) is 9.55. The Morgan fingerprint density at radius 1 is 0.328 bits per heavy atom. The Labute approximate surface area is 392 Å². The van der Waals surface area contributed by atoms with Crippen LogP contribution in [0.4, 0.5) is 17.1 Å². The zero-order valence-corrected chi connectivity index (χ0v) is 38.1. The molecule has 2 heteroatoms. The highest BCUT2D eigenvalue weighted by molar-refractivity contribution is 6.05. The van der Waals surface area contributed by atoms with Crippen LogP contribution in [0.3, 0.4) is 0 Å². The third-order valence-corrected chi connectivity index (χ3v) is 15.9. The lowest BCUT2D eigenvalue weighted by molar-refractivity contribution is 0.588. The Bertz CT molecular complexity index is 3550. The van der Waals surface area contributed by atoms with Crippen molar-refractivity contribution in [2.75, 3.05) is 4.90 Å². The summed E-state index contributed by atoms with van der Waals surface area (Å²) < 4.78 is 7.40. The van der Waals surface area contributed by atoms with Crippen LogP contribution in [0.2, 0.25) is 0 Å². The second kappa shape index (κ2) is 13.6. The first-order valence-electron chi connectivity index (χ1n) is 23.7. The van der Waals surface area contributed by atoms with Crippen molar-refractivity contribution in [1.29, 1.82) is 0 Å². The van der Waals surface area contributed by atoms with E-state index in [2.05, 4.69) is 245 Å². The van der Waals surface area contributed by atoms with Gasteiger partial charge in [0.15, 0.2) is 0 Å². The molecule has 0 saturated heterocycles. The van der Waals surface area contributed by atoms with Crippen LogP contribution in [0, 0.1) is 0 Å². The van der Waals surface area contributed by atoms with E-state index < -0.39 is 5.41 Å². The first-order chi connectivity index (χ1) is 32.8. The number of fused-ring (bicyclic) bond motifs is 16. The fourth-order valence-electron chi connectivity index (χ4n) is 12.9. The molecule has 10 aromatic rings. The fraction of sp³-hybridized carbons (Fsp3) is 0.108. The molecule has 0 amide bonds. The summed E-state index contributed by atoms with van der Waals surface area (Å²) in [4.78, 5) is 2.59. The molecule has 1 spiro atoms. The second-order valence-electron chi connectivity index (χ2n) is 19.9. The van der Waals surface area contributed by atoms with Crippen LogP contribution in [0.15, 0.2) is 217 Å². The summed E-state index contributed by atoms with van der Waals surface area (Å²) in [5, 5.41) is 0. The maximum Gasteiger partial charge on any atom is 0.142 e. The highest BCUT2D eigenvalue weighted by Gasteiger charge is 2.57. The molecule has 1 heterocycles. The Balaban J connectivity index is 1.12. The summed E-state index contributed by atoms with van der Waals surface area (Å²) in [6.07, 6.45) is 0. The zero-order valence-electron chi connectivity index (χ0n) is 38.1. The first kappa shape index (κ1) is 38.3. The van der Waals surface area contributed by atoms with Gasteiger partial charge in [0.25, 0.3) is 0 Å². The average molecular weight is 858 g/mol. The fourth-order valence-corrected chi connectivity index (χ4v) is 12.9. The summed E-state index contributed by atoms with van der Waals surface area (Å²) in [5.74, 6) is 1.80. The molecule has 9 aromatic carbocycles. The molecule has 4 aliphatic carbocycles. The molecule has 2 nitrogen and oxygen atoms in total. The van der Waals surface area contributed by atoms with E-state index in [0.29, 0.717) is 0 Å². The third kappa shape index (κ3) is 4.95. The van der Waals surface area contributed by atoms with Crippen molar-refractivity contribution in [3.63, 3.8) is 0 Å². The number of benzene rings is 9. The van der Waals surface area contributed by atoms with Gasteiger partial charge in [-0.25, -0.2) is 0 Å². The molecule has 0 fully saturated rings. The van der Waals surface area contributed by atoms with Crippen LogP contribution in [0.1, 0.15) is 72.2 Å². The molecule has 4 aliphatic rings. The van der Waals surface area contributed by atoms with Crippen LogP contribution in [-0.2, 0) is 16.2 Å². The van der Waals surface area contributed by atoms with Crippen molar-refractivity contribution in [1.82, 2.24) is 0 Å². The molecular formula is C65H47NO. The van der Waals surface area contributed by atoms with Crippen molar-refractivity contribution in [2.24, 2.45) is 0 Å². The van der Waals surface area contributed by atoms with Gasteiger partial charge >= 0.3 is 0 Å². The number of rotatable bonds is 5. The summed E-state index contributed by atoms with van der Waals surface area (Å²) >= 11 is 0. The minimum absolute atomic E-state index is 0.183. The SMILES string of the molecule is CC1(C)c2ccccc2-c2ccc(N(c3ccc4c(c3)C(C)(C)c3ccccc3-4)c3cccc4c3C3(c5ccccc5-c5ccccc53)c3c(-c5ccccc5)oc(-c5ccccc5)c3-4)cc21. The molecule has 14 rings (SSSR count). The van der Waals surface area contributed by atoms with E-state index >= 15 is 0 Å². The van der Waals surface area contributed by atoms with Gasteiger partial charge in [-0.05, 0) is 103 Å². The van der Waals surface area contributed by atoms with Gasteiger partial charge in [0, 0.05) is 50.0 Å². The molecule has 318 valence electrons. The maximum absolute atomic E-state index is 7.40. The van der Waals surface area contributed by atoms with Crippen molar-refractivity contribution < 1.29 is 4.42 Å². The van der Waals surface area contributed by atoms with Crippen LogP contribution in [0.25, 0.3) is 67.2 Å². The average Bonchev–Trinajstić information content (AvgIpc) is 4.12. The van der Waals surface area contributed by atoms with E-state index in [1.54, 1.807) is 0 Å². The van der Waals surface area contributed by atoms with Gasteiger partial charge in [-0.3, -0.25) is 0 Å². The van der Waals surface area contributed by atoms with E-state index in [1.165, 1.54) is 83.5 Å². The van der Waals surface area contributed by atoms with Gasteiger partial charge < -0.3 is 9.32 Å². The minimum Gasteiger partial charge on any atom is -0.455 e. The van der Waals surface area contributed by atoms with Gasteiger partial charge in [0.05, 0.1) is 11.1 Å². The highest BCUT2D eigenvalue weighted by Crippen LogP contribution is 2.69. The van der Waals surface area contributed by atoms with E-state index in [0.717, 1.165) is 45.3 Å². The Kier molecular flexibility index (Phi) is 7.76. The predicted molar refractivity (Wildman–Crippen MR) is 276 cm³/mol. The number of hydrogen-bond donors (Lipinski definition) is 0. The molecule has 0 unspecified atom stereocenters. The van der Waals surface area contributed by atoms with Crippen LogP contribution < -0.4 is 4.90 Å². The summed E-state index contributed by atoms with van der Waals surface area (Å²) in [5.41, 5.74) is 25.1. The lowest BCUT2D eigenvalue weighted by atomic mass is 9.69.